The van der Waals surface area contributed by atoms with Gasteiger partial charge in [-0.05, 0) is 34.7 Å². The quantitative estimate of drug-likeness (QED) is 0.279. The topological polar surface area (TPSA) is 49.4 Å². The van der Waals surface area contributed by atoms with E-state index in [1.165, 1.54) is 11.8 Å². The van der Waals surface area contributed by atoms with Crippen LogP contribution in [0.1, 0.15) is 30.5 Å². The van der Waals surface area contributed by atoms with Crippen molar-refractivity contribution in [1.82, 2.24) is 10.2 Å². The molecule has 0 aliphatic heterocycles. The van der Waals surface area contributed by atoms with Crippen LogP contribution in [0.25, 0.3) is 0 Å². The van der Waals surface area contributed by atoms with Gasteiger partial charge < -0.3 is 10.2 Å². The van der Waals surface area contributed by atoms with Crippen LogP contribution in [0.2, 0.25) is 10.0 Å². The van der Waals surface area contributed by atoms with Crippen LogP contribution in [0, 0.1) is 5.92 Å². The minimum absolute atomic E-state index is 0.118. The van der Waals surface area contributed by atoms with Gasteiger partial charge in [0, 0.05) is 35.3 Å². The molecule has 2 amide bonds. The summed E-state index contributed by atoms with van der Waals surface area (Å²) in [6.07, 6.45) is 0.413. The molecule has 3 aromatic carbocycles. The fourth-order valence-electron chi connectivity index (χ4n) is 3.73. The number of nitrogens with one attached hydrogen (secondary N) is 1. The van der Waals surface area contributed by atoms with E-state index in [4.69, 9.17) is 23.2 Å². The van der Waals surface area contributed by atoms with Crippen molar-refractivity contribution in [3.05, 3.63) is 106 Å². The number of rotatable bonds is 12. The number of amides is 2. The zero-order valence-corrected chi connectivity index (χ0v) is 23.0. The van der Waals surface area contributed by atoms with E-state index < -0.39 is 6.04 Å². The van der Waals surface area contributed by atoms with Crippen LogP contribution in [0.15, 0.2) is 78.9 Å². The van der Waals surface area contributed by atoms with E-state index in [2.05, 4.69) is 5.32 Å². The lowest BCUT2D eigenvalue weighted by molar-refractivity contribution is -0.139. The maximum atomic E-state index is 13.7. The van der Waals surface area contributed by atoms with E-state index in [1.54, 1.807) is 11.0 Å². The normalized spacial score (nSPS) is 11.8. The second-order valence-corrected chi connectivity index (χ2v) is 10.8. The highest BCUT2D eigenvalue weighted by Crippen LogP contribution is 2.24. The lowest BCUT2D eigenvalue weighted by atomic mass is 10.0. The van der Waals surface area contributed by atoms with Crippen molar-refractivity contribution in [2.45, 2.75) is 38.6 Å². The molecule has 3 rings (SSSR count). The first-order chi connectivity index (χ1) is 17.3. The zero-order chi connectivity index (χ0) is 25.9. The molecule has 1 N–H and O–H groups in total. The van der Waals surface area contributed by atoms with E-state index >= 15 is 0 Å². The van der Waals surface area contributed by atoms with Gasteiger partial charge in [0.1, 0.15) is 6.04 Å². The second-order valence-electron chi connectivity index (χ2n) is 9.04. The van der Waals surface area contributed by atoms with Gasteiger partial charge in [-0.3, -0.25) is 9.59 Å². The first-order valence-electron chi connectivity index (χ1n) is 12.0. The smallest absolute Gasteiger partial charge is 0.243 e. The van der Waals surface area contributed by atoms with Gasteiger partial charge in [-0.2, -0.15) is 0 Å². The fraction of sp³-hybridized carbons (Fsp3) is 0.310. The molecule has 0 bridgehead atoms. The Morgan fingerprint density at radius 1 is 0.861 bits per heavy atom. The Hall–Kier alpha value is -2.47. The maximum absolute atomic E-state index is 13.7. The van der Waals surface area contributed by atoms with Crippen LogP contribution in [0.3, 0.4) is 0 Å². The summed E-state index contributed by atoms with van der Waals surface area (Å²) in [4.78, 5) is 28.8. The molecule has 36 heavy (non-hydrogen) atoms. The summed E-state index contributed by atoms with van der Waals surface area (Å²) in [5.41, 5.74) is 2.77. The standard InChI is InChI=1S/C29H32Cl2N2O2S/c1-21(2)17-32-29(35)27(16-22-10-4-3-5-11-22)33(18-23-12-6-8-14-25(23)30)28(34)20-36-19-24-13-7-9-15-26(24)31/h3-15,21,27H,16-20H2,1-2H3,(H,32,35)/t27-/m1/s1. The Balaban J connectivity index is 1.86. The largest absolute Gasteiger partial charge is 0.354 e. The highest BCUT2D eigenvalue weighted by Gasteiger charge is 2.30. The third-order valence-corrected chi connectivity index (χ3v) is 7.40. The van der Waals surface area contributed by atoms with Crippen molar-refractivity contribution in [2.24, 2.45) is 5.92 Å². The lowest BCUT2D eigenvalue weighted by Gasteiger charge is -2.32. The van der Waals surface area contributed by atoms with Crippen LogP contribution >= 0.6 is 35.0 Å². The third kappa shape index (κ3) is 8.58. The minimum Gasteiger partial charge on any atom is -0.354 e. The first kappa shape index (κ1) is 28.1. The molecule has 190 valence electrons. The van der Waals surface area contributed by atoms with Gasteiger partial charge in [-0.1, -0.05) is 104 Å². The van der Waals surface area contributed by atoms with Gasteiger partial charge in [0.05, 0.1) is 5.75 Å². The van der Waals surface area contributed by atoms with Crippen LogP contribution in [0.5, 0.6) is 0 Å². The Morgan fingerprint density at radius 2 is 1.44 bits per heavy atom. The zero-order valence-electron chi connectivity index (χ0n) is 20.6. The number of hydrogen-bond acceptors (Lipinski definition) is 3. The van der Waals surface area contributed by atoms with E-state index in [0.717, 1.165) is 16.7 Å². The van der Waals surface area contributed by atoms with Crippen molar-refractivity contribution < 1.29 is 9.59 Å². The van der Waals surface area contributed by atoms with Gasteiger partial charge in [-0.25, -0.2) is 0 Å². The average Bonchev–Trinajstić information content (AvgIpc) is 2.87. The molecule has 4 nitrogen and oxygen atoms in total. The molecule has 0 aromatic heterocycles. The van der Waals surface area contributed by atoms with E-state index in [-0.39, 0.29) is 24.1 Å². The lowest BCUT2D eigenvalue weighted by Crippen LogP contribution is -2.51. The average molecular weight is 544 g/mol. The van der Waals surface area contributed by atoms with Crippen molar-refractivity contribution >= 4 is 46.8 Å². The summed E-state index contributed by atoms with van der Waals surface area (Å²) >= 11 is 14.2. The van der Waals surface area contributed by atoms with Crippen molar-refractivity contribution in [2.75, 3.05) is 12.3 Å². The summed E-state index contributed by atoms with van der Waals surface area (Å²) in [6.45, 7) is 4.88. The molecule has 0 aliphatic rings. The predicted octanol–water partition coefficient (Wildman–Crippen LogP) is 6.64. The highest BCUT2D eigenvalue weighted by molar-refractivity contribution is 7.99. The molecule has 0 spiro atoms. The molecule has 1 atom stereocenters. The molecule has 0 saturated heterocycles. The van der Waals surface area contributed by atoms with Gasteiger partial charge >= 0.3 is 0 Å². The number of nitrogens with zero attached hydrogens (tertiary/aromatic N) is 1. The van der Waals surface area contributed by atoms with Crippen LogP contribution < -0.4 is 5.32 Å². The number of hydrogen-bond donors (Lipinski definition) is 1. The van der Waals surface area contributed by atoms with Crippen LogP contribution in [-0.2, 0) is 28.3 Å². The second kappa shape index (κ2) is 14.3. The Kier molecular flexibility index (Phi) is 11.2. The van der Waals surface area contributed by atoms with Crippen LogP contribution in [0.4, 0.5) is 0 Å². The van der Waals surface area contributed by atoms with E-state index in [1.807, 2.05) is 86.6 Å². The number of carbonyl (C=O) groups is 2. The summed E-state index contributed by atoms with van der Waals surface area (Å²) in [5, 5.41) is 4.29. The molecule has 0 unspecified atom stereocenters. The molecule has 0 aliphatic carbocycles. The van der Waals surface area contributed by atoms with Gasteiger partial charge in [0.25, 0.3) is 0 Å². The van der Waals surface area contributed by atoms with Crippen molar-refractivity contribution in [3.8, 4) is 0 Å². The van der Waals surface area contributed by atoms with Gasteiger partial charge in [0.2, 0.25) is 11.8 Å². The number of carbonyl (C=O) groups excluding carboxylic acids is 2. The minimum atomic E-state index is -0.671. The summed E-state index contributed by atoms with van der Waals surface area (Å²) in [6, 6.07) is 24.2. The summed E-state index contributed by atoms with van der Waals surface area (Å²) in [7, 11) is 0. The molecule has 0 heterocycles. The number of thioether (sulfide) groups is 1. The monoisotopic (exact) mass is 542 g/mol. The maximum Gasteiger partial charge on any atom is 0.243 e. The molecule has 0 fully saturated rings. The molecular formula is C29H32Cl2N2O2S. The van der Waals surface area contributed by atoms with Gasteiger partial charge in [0.15, 0.2) is 0 Å². The highest BCUT2D eigenvalue weighted by atomic mass is 35.5. The Morgan fingerprint density at radius 3 is 2.06 bits per heavy atom. The molecule has 0 radical (unpaired) electrons. The van der Waals surface area contributed by atoms with E-state index in [9.17, 15) is 9.59 Å². The summed E-state index contributed by atoms with van der Waals surface area (Å²) in [5.74, 6) is 0.842. The molecular weight excluding hydrogens is 511 g/mol. The third-order valence-electron chi connectivity index (χ3n) is 5.70. The number of benzene rings is 3. The first-order valence-corrected chi connectivity index (χ1v) is 13.9. The van der Waals surface area contributed by atoms with Crippen molar-refractivity contribution in [1.29, 1.82) is 0 Å². The molecule has 0 saturated carbocycles. The van der Waals surface area contributed by atoms with Crippen molar-refractivity contribution in [3.63, 3.8) is 0 Å². The Bertz CT molecular complexity index is 1140. The van der Waals surface area contributed by atoms with E-state index in [0.29, 0.717) is 34.7 Å². The fourth-order valence-corrected chi connectivity index (χ4v) is 5.12. The summed E-state index contributed by atoms with van der Waals surface area (Å²) < 4.78 is 0. The SMILES string of the molecule is CC(C)CNC(=O)[C@@H](Cc1ccccc1)N(Cc1ccccc1Cl)C(=O)CSCc1ccccc1Cl. The Labute approximate surface area is 228 Å². The predicted molar refractivity (Wildman–Crippen MR) is 151 cm³/mol. The molecule has 3 aromatic rings. The molecule has 7 heteroatoms. The van der Waals surface area contributed by atoms with Crippen LogP contribution in [-0.4, -0.2) is 35.1 Å². The van der Waals surface area contributed by atoms with Gasteiger partial charge in [-0.15, -0.1) is 11.8 Å². The number of halogens is 2.